The van der Waals surface area contributed by atoms with E-state index in [1.807, 2.05) is 54.6 Å². The van der Waals surface area contributed by atoms with Crippen molar-refractivity contribution in [2.75, 3.05) is 18.5 Å². The number of hydrogen-bond acceptors (Lipinski definition) is 3. The van der Waals surface area contributed by atoms with Gasteiger partial charge in [0, 0.05) is 22.2 Å². The van der Waals surface area contributed by atoms with E-state index in [9.17, 15) is 4.79 Å². The molecule has 2 aromatic carbocycles. The van der Waals surface area contributed by atoms with Gasteiger partial charge in [0.25, 0.3) is 5.91 Å². The fraction of sp³-hybridized carbons (Fsp3) is 0.350. The number of hydrogen-bond donors (Lipinski definition) is 1. The van der Waals surface area contributed by atoms with E-state index >= 15 is 0 Å². The molecule has 0 aromatic heterocycles. The van der Waals surface area contributed by atoms with Gasteiger partial charge >= 0.3 is 0 Å². The highest BCUT2D eigenvalue weighted by atomic mass is 16.7. The van der Waals surface area contributed by atoms with E-state index in [1.165, 1.54) is 0 Å². The summed E-state index contributed by atoms with van der Waals surface area (Å²) < 4.78 is 11.9. The van der Waals surface area contributed by atoms with Crippen LogP contribution in [0.3, 0.4) is 0 Å². The van der Waals surface area contributed by atoms with Crippen LogP contribution in [0.5, 0.6) is 0 Å². The minimum atomic E-state index is -0.762. The maximum atomic E-state index is 12.3. The highest BCUT2D eigenvalue weighted by Gasteiger charge is 2.48. The van der Waals surface area contributed by atoms with Crippen molar-refractivity contribution < 1.29 is 14.3 Å². The van der Waals surface area contributed by atoms with Crippen LogP contribution in [0.2, 0.25) is 0 Å². The number of carbonyl (C=O) groups is 1. The molecule has 1 fully saturated rings. The van der Waals surface area contributed by atoms with Crippen molar-refractivity contribution in [2.24, 2.45) is 5.41 Å². The van der Waals surface area contributed by atoms with Gasteiger partial charge in [-0.3, -0.25) is 4.79 Å². The second-order valence-electron chi connectivity index (χ2n) is 6.96. The lowest BCUT2D eigenvalue weighted by Gasteiger charge is -2.39. The second kappa shape index (κ2) is 6.38. The van der Waals surface area contributed by atoms with Gasteiger partial charge in [0.2, 0.25) is 0 Å². The van der Waals surface area contributed by atoms with Gasteiger partial charge in [0.1, 0.15) is 0 Å². The van der Waals surface area contributed by atoms with E-state index < -0.39 is 5.79 Å². The fourth-order valence-electron chi connectivity index (χ4n) is 3.01. The monoisotopic (exact) mass is 325 g/mol. The van der Waals surface area contributed by atoms with Crippen molar-refractivity contribution in [3.05, 3.63) is 65.7 Å². The first-order valence-electron chi connectivity index (χ1n) is 8.17. The average Bonchev–Trinajstić information content (AvgIpc) is 3.07. The van der Waals surface area contributed by atoms with E-state index in [4.69, 9.17) is 9.47 Å². The van der Waals surface area contributed by atoms with Gasteiger partial charge in [-0.25, -0.2) is 0 Å². The molecule has 0 unspecified atom stereocenters. The Labute approximate surface area is 142 Å². The maximum Gasteiger partial charge on any atom is 0.255 e. The van der Waals surface area contributed by atoms with Crippen molar-refractivity contribution in [1.82, 2.24) is 0 Å². The van der Waals surface area contributed by atoms with Crippen molar-refractivity contribution in [1.29, 1.82) is 0 Å². The Morgan fingerprint density at radius 1 is 0.958 bits per heavy atom. The van der Waals surface area contributed by atoms with Crippen LogP contribution >= 0.6 is 0 Å². The quantitative estimate of drug-likeness (QED) is 0.920. The Morgan fingerprint density at radius 2 is 1.54 bits per heavy atom. The molecule has 126 valence electrons. The summed E-state index contributed by atoms with van der Waals surface area (Å²) in [7, 11) is 0. The van der Waals surface area contributed by atoms with Crippen molar-refractivity contribution in [3.8, 4) is 0 Å². The van der Waals surface area contributed by atoms with Crippen LogP contribution in [-0.4, -0.2) is 19.1 Å². The minimum Gasteiger partial charge on any atom is -0.343 e. The normalized spacial score (nSPS) is 16.8. The van der Waals surface area contributed by atoms with Crippen LogP contribution in [0, 0.1) is 5.41 Å². The van der Waals surface area contributed by atoms with E-state index in [0.717, 1.165) is 11.3 Å². The maximum absolute atomic E-state index is 12.3. The number of ether oxygens (including phenoxy) is 2. The number of benzene rings is 2. The molecule has 4 heteroatoms. The molecule has 0 aliphatic carbocycles. The summed E-state index contributed by atoms with van der Waals surface area (Å²) in [4.78, 5) is 12.3. The fourth-order valence-corrected chi connectivity index (χ4v) is 3.01. The Morgan fingerprint density at radius 3 is 2.08 bits per heavy atom. The highest BCUT2D eigenvalue weighted by Crippen LogP contribution is 2.46. The molecule has 1 aliphatic rings. The summed E-state index contributed by atoms with van der Waals surface area (Å²) in [6.07, 6.45) is 0. The third-order valence-corrected chi connectivity index (χ3v) is 4.24. The van der Waals surface area contributed by atoms with Gasteiger partial charge in [-0.15, -0.1) is 0 Å². The van der Waals surface area contributed by atoms with Crippen LogP contribution in [0.4, 0.5) is 5.69 Å². The molecule has 4 nitrogen and oxygen atoms in total. The Hall–Kier alpha value is -2.17. The summed E-state index contributed by atoms with van der Waals surface area (Å²) in [5.41, 5.74) is 2.10. The van der Waals surface area contributed by atoms with Gasteiger partial charge in [0.15, 0.2) is 5.79 Å². The van der Waals surface area contributed by atoms with Gasteiger partial charge in [-0.1, -0.05) is 51.1 Å². The summed E-state index contributed by atoms with van der Waals surface area (Å²) in [6.45, 7) is 7.43. The highest BCUT2D eigenvalue weighted by molar-refractivity contribution is 6.04. The topological polar surface area (TPSA) is 47.6 Å². The lowest BCUT2D eigenvalue weighted by molar-refractivity contribution is -0.232. The standard InChI is InChI=1S/C20H23NO3/c1-19(2,3)20(23-13-14-24-20)16-11-9-15(10-12-16)18(22)21-17-7-5-4-6-8-17/h4-12H,13-14H2,1-3H3,(H,21,22). The van der Waals surface area contributed by atoms with Crippen LogP contribution in [-0.2, 0) is 15.3 Å². The predicted octanol–water partition coefficient (Wildman–Crippen LogP) is 4.18. The number of rotatable bonds is 3. The predicted molar refractivity (Wildman–Crippen MR) is 93.9 cm³/mol. The summed E-state index contributed by atoms with van der Waals surface area (Å²) >= 11 is 0. The van der Waals surface area contributed by atoms with Gasteiger partial charge in [-0.05, 0) is 24.3 Å². The zero-order valence-electron chi connectivity index (χ0n) is 14.3. The lowest BCUT2D eigenvalue weighted by Crippen LogP contribution is -2.41. The molecule has 0 atom stereocenters. The Bertz CT molecular complexity index is 696. The third-order valence-electron chi connectivity index (χ3n) is 4.24. The van der Waals surface area contributed by atoms with Crippen LogP contribution < -0.4 is 5.32 Å². The van der Waals surface area contributed by atoms with Gasteiger partial charge in [-0.2, -0.15) is 0 Å². The number of carbonyl (C=O) groups excluding carboxylic acids is 1. The number of amides is 1. The van der Waals surface area contributed by atoms with Crippen LogP contribution in [0.25, 0.3) is 0 Å². The molecule has 0 saturated carbocycles. The van der Waals surface area contributed by atoms with Crippen molar-refractivity contribution in [2.45, 2.75) is 26.6 Å². The first-order chi connectivity index (χ1) is 11.4. The Kier molecular flexibility index (Phi) is 4.43. The molecular formula is C20H23NO3. The van der Waals surface area contributed by atoms with E-state index in [2.05, 4.69) is 26.1 Å². The molecular weight excluding hydrogens is 302 g/mol. The summed E-state index contributed by atoms with van der Waals surface area (Å²) in [6, 6.07) is 16.9. The molecule has 0 radical (unpaired) electrons. The van der Waals surface area contributed by atoms with Crippen molar-refractivity contribution >= 4 is 11.6 Å². The molecule has 1 heterocycles. The first kappa shape index (κ1) is 16.7. The van der Waals surface area contributed by atoms with E-state index in [1.54, 1.807) is 0 Å². The number of nitrogens with one attached hydrogen (secondary N) is 1. The average molecular weight is 325 g/mol. The zero-order chi connectivity index (χ0) is 17.2. The molecule has 1 saturated heterocycles. The number of para-hydroxylation sites is 1. The second-order valence-corrected chi connectivity index (χ2v) is 6.96. The summed E-state index contributed by atoms with van der Waals surface area (Å²) in [5.74, 6) is -0.896. The molecule has 3 rings (SSSR count). The van der Waals surface area contributed by atoms with Gasteiger partial charge in [0.05, 0.1) is 13.2 Å². The number of anilines is 1. The first-order valence-corrected chi connectivity index (χ1v) is 8.17. The SMILES string of the molecule is CC(C)(C)C1(c2ccc(C(=O)Nc3ccccc3)cc2)OCCO1. The van der Waals surface area contributed by atoms with Crippen LogP contribution in [0.15, 0.2) is 54.6 Å². The minimum absolute atomic E-state index is 0.134. The smallest absolute Gasteiger partial charge is 0.255 e. The molecule has 1 amide bonds. The molecule has 24 heavy (non-hydrogen) atoms. The Balaban J connectivity index is 1.81. The van der Waals surface area contributed by atoms with E-state index in [-0.39, 0.29) is 11.3 Å². The molecule has 1 aliphatic heterocycles. The van der Waals surface area contributed by atoms with E-state index in [0.29, 0.717) is 18.8 Å². The van der Waals surface area contributed by atoms with Gasteiger partial charge < -0.3 is 14.8 Å². The largest absolute Gasteiger partial charge is 0.343 e. The molecule has 1 N–H and O–H groups in total. The lowest BCUT2D eigenvalue weighted by atomic mass is 9.80. The molecule has 2 aromatic rings. The van der Waals surface area contributed by atoms with Crippen LogP contribution in [0.1, 0.15) is 36.7 Å². The van der Waals surface area contributed by atoms with Crippen molar-refractivity contribution in [3.63, 3.8) is 0 Å². The summed E-state index contributed by atoms with van der Waals surface area (Å²) in [5, 5.41) is 2.89. The molecule has 0 spiro atoms. The third kappa shape index (κ3) is 3.07. The molecule has 0 bridgehead atoms. The zero-order valence-corrected chi connectivity index (χ0v) is 14.3.